The van der Waals surface area contributed by atoms with E-state index in [1.165, 1.54) is 102 Å². The van der Waals surface area contributed by atoms with Crippen molar-refractivity contribution >= 4 is 150 Å². The van der Waals surface area contributed by atoms with Crippen LogP contribution in [0.25, 0.3) is 24.3 Å². The SMILES string of the molecule is C=CCc1cc(/C=C2/SC(=Nc3ccc(C)cc3)N(C)C2=O)cc(COC)c1O.CCOc1cc(/C=C2/SC(=Nc3ccc(F)cc3)N(c3ccc(F)cc3)C2=O)ccc1O.CCOc1cc(/C=C2\SC(=Nc3ccccc3)N(CCOC)C2=O)ccc1O.COc1cc(/C=C2\SC(=Nc3ccc(C)cc3)N(c3ccc(C)cc3)C2=O)ccc1O. The average molecular weight is 1690 g/mol. The summed E-state index contributed by atoms with van der Waals surface area (Å²) in [6, 6.07) is 62.6. The highest BCUT2D eigenvalue weighted by Gasteiger charge is 2.38. The highest BCUT2D eigenvalue weighted by atomic mass is 32.2. The van der Waals surface area contributed by atoms with Gasteiger partial charge in [-0.25, -0.2) is 28.8 Å². The molecule has 14 rings (SSSR count). The first kappa shape index (κ1) is 88.1. The van der Waals surface area contributed by atoms with E-state index in [0.29, 0.717) is 113 Å². The molecule has 120 heavy (non-hydrogen) atoms. The molecule has 27 heteroatoms. The number of carbonyl (C=O) groups is 4. The Balaban J connectivity index is 0.000000157. The number of hydrogen-bond donors (Lipinski definition) is 4. The molecule has 0 spiro atoms. The summed E-state index contributed by atoms with van der Waals surface area (Å²) in [4.78, 5) is 78.9. The van der Waals surface area contributed by atoms with Crippen LogP contribution in [0.4, 0.5) is 42.9 Å². The maximum Gasteiger partial charge on any atom is 0.271 e. The van der Waals surface area contributed by atoms with Crippen LogP contribution in [0.3, 0.4) is 0 Å². The van der Waals surface area contributed by atoms with Crippen molar-refractivity contribution in [2.24, 2.45) is 20.0 Å². The van der Waals surface area contributed by atoms with Gasteiger partial charge in [-0.1, -0.05) is 95.6 Å². The zero-order chi connectivity index (χ0) is 85.5. The maximum absolute atomic E-state index is 13.4. The van der Waals surface area contributed by atoms with Crippen molar-refractivity contribution in [2.75, 3.05) is 64.5 Å². The molecule has 4 heterocycles. The van der Waals surface area contributed by atoms with E-state index < -0.39 is 11.6 Å². The summed E-state index contributed by atoms with van der Waals surface area (Å²) < 4.78 is 53.0. The number of hydrogen-bond acceptors (Lipinski definition) is 21. The Morgan fingerprint density at radius 3 is 1.27 bits per heavy atom. The van der Waals surface area contributed by atoms with Gasteiger partial charge >= 0.3 is 0 Å². The number of halogens is 2. The number of phenolic OH excluding ortho intramolecular Hbond substituents is 4. The lowest BCUT2D eigenvalue weighted by Crippen LogP contribution is -2.32. The molecular formula is C93H86F2N8O13S4. The summed E-state index contributed by atoms with van der Waals surface area (Å²) in [7, 11) is 6.40. The number of aliphatic imine (C=N–C) groups is 4. The topological polar surface area (TPSA) is 258 Å². The molecule has 0 aliphatic carbocycles. The Bertz CT molecular complexity index is 5670. The third kappa shape index (κ3) is 23.2. The lowest BCUT2D eigenvalue weighted by atomic mass is 10.0. The molecule has 4 saturated heterocycles. The van der Waals surface area contributed by atoms with Gasteiger partial charge in [-0.05, 0) is 286 Å². The maximum atomic E-state index is 13.4. The first-order chi connectivity index (χ1) is 57.9. The number of nitrogens with zero attached hydrogens (tertiary/aromatic N) is 8. The molecule has 0 unspecified atom stereocenters. The summed E-state index contributed by atoms with van der Waals surface area (Å²) >= 11 is 5.12. The first-order valence-electron chi connectivity index (χ1n) is 37.6. The largest absolute Gasteiger partial charge is 0.507 e. The summed E-state index contributed by atoms with van der Waals surface area (Å²) in [5.41, 5.74) is 11.9. The number of benzene rings is 10. The number of amidine groups is 4. The van der Waals surface area contributed by atoms with Gasteiger partial charge in [0.05, 0.1) is 93.8 Å². The van der Waals surface area contributed by atoms with Gasteiger partial charge in [-0.3, -0.25) is 38.8 Å². The quantitative estimate of drug-likeness (QED) is 0.0363. The fourth-order valence-electron chi connectivity index (χ4n) is 11.8. The van der Waals surface area contributed by atoms with Crippen molar-refractivity contribution in [3.05, 3.63) is 312 Å². The van der Waals surface area contributed by atoms with Crippen molar-refractivity contribution in [3.8, 4) is 40.2 Å². The van der Waals surface area contributed by atoms with Crippen LogP contribution in [0, 0.1) is 32.4 Å². The van der Waals surface area contributed by atoms with Crippen LogP contribution in [0.2, 0.25) is 0 Å². The third-order valence-corrected chi connectivity index (χ3v) is 21.9. The normalized spacial score (nSPS) is 16.6. The zero-order valence-electron chi connectivity index (χ0n) is 67.1. The number of para-hydroxylation sites is 1. The molecule has 4 fully saturated rings. The second-order valence-corrected chi connectivity index (χ2v) is 30.8. The molecule has 0 atom stereocenters. The van der Waals surface area contributed by atoms with Crippen molar-refractivity contribution in [1.29, 1.82) is 0 Å². The minimum absolute atomic E-state index is 0.00546. The summed E-state index contributed by atoms with van der Waals surface area (Å²) in [5, 5.41) is 42.2. The minimum atomic E-state index is -0.423. The first-order valence-corrected chi connectivity index (χ1v) is 40.9. The summed E-state index contributed by atoms with van der Waals surface area (Å²) in [6.07, 6.45) is 9.32. The van der Waals surface area contributed by atoms with Gasteiger partial charge in [-0.2, -0.15) is 0 Å². The monoisotopic (exact) mass is 1690 g/mol. The van der Waals surface area contributed by atoms with E-state index >= 15 is 0 Å². The Hall–Kier alpha value is -12.8. The van der Waals surface area contributed by atoms with Crippen LogP contribution in [-0.4, -0.2) is 129 Å². The highest BCUT2D eigenvalue weighted by Crippen LogP contribution is 2.43. The number of aromatic hydroxyl groups is 4. The Kier molecular flexibility index (Phi) is 30.9. The predicted molar refractivity (Wildman–Crippen MR) is 481 cm³/mol. The Morgan fingerprint density at radius 1 is 0.425 bits per heavy atom. The van der Waals surface area contributed by atoms with E-state index in [1.807, 2.05) is 149 Å². The Morgan fingerprint density at radius 2 is 0.808 bits per heavy atom. The number of likely N-dealkylation sites (N-methyl/N-ethyl adjacent to an activating group) is 1. The highest BCUT2D eigenvalue weighted by molar-refractivity contribution is 8.20. The molecule has 4 aliphatic rings. The number of anilines is 2. The molecule has 10 aromatic carbocycles. The zero-order valence-corrected chi connectivity index (χ0v) is 70.3. The predicted octanol–water partition coefficient (Wildman–Crippen LogP) is 20.6. The number of allylic oxidation sites excluding steroid dienone is 1. The van der Waals surface area contributed by atoms with E-state index in [4.69, 9.17) is 28.7 Å². The van der Waals surface area contributed by atoms with Crippen LogP contribution < -0.4 is 24.0 Å². The molecular weight excluding hydrogens is 1600 g/mol. The van der Waals surface area contributed by atoms with Crippen molar-refractivity contribution in [2.45, 2.75) is 47.6 Å². The number of amides is 4. The molecule has 4 amide bonds. The average Bonchev–Trinajstić information content (AvgIpc) is 1.66. The van der Waals surface area contributed by atoms with Crippen LogP contribution in [-0.2, 0) is 41.7 Å². The number of thioether (sulfide) groups is 4. The number of carbonyl (C=O) groups excluding carboxylic acids is 4. The number of phenols is 4. The fourth-order valence-corrected chi connectivity index (χ4v) is 15.8. The van der Waals surface area contributed by atoms with Crippen LogP contribution in [0.15, 0.2) is 271 Å². The second-order valence-electron chi connectivity index (χ2n) is 26.8. The van der Waals surface area contributed by atoms with Crippen LogP contribution in [0.5, 0.6) is 40.2 Å². The molecule has 0 radical (unpaired) electrons. The molecule has 4 N–H and O–H groups in total. The molecule has 614 valence electrons. The second kappa shape index (κ2) is 42.1. The smallest absolute Gasteiger partial charge is 0.271 e. The van der Waals surface area contributed by atoms with E-state index in [0.717, 1.165) is 73.5 Å². The third-order valence-electron chi connectivity index (χ3n) is 17.9. The van der Waals surface area contributed by atoms with Crippen molar-refractivity contribution < 1.29 is 72.1 Å². The van der Waals surface area contributed by atoms with Gasteiger partial charge in [-0.15, -0.1) is 6.58 Å². The lowest BCUT2D eigenvalue weighted by molar-refractivity contribution is -0.123. The van der Waals surface area contributed by atoms with Gasteiger partial charge in [0.25, 0.3) is 23.6 Å². The minimum Gasteiger partial charge on any atom is -0.507 e. The van der Waals surface area contributed by atoms with Gasteiger partial charge in [0.1, 0.15) is 17.4 Å². The standard InChI is InChI=1S/C25H22N2O3S.C24H18F2N2O3S.C23H24N2O3S.C21H22N2O4S/c1-16-4-9-19(10-5-16)26-25-27(20-11-6-17(2)7-12-20)24(29)23(31-25)15-18-8-13-21(28)22(14-18)30-3;1-2-31-21-13-15(3-12-20(21)29)14-22-23(30)28(19-10-6-17(26)7-11-19)24(32-22)27-18-8-4-16(25)5-9-18;1-5-6-17-11-16(12-18(14-28-4)21(17)26)13-20-22(27)25(3)23(29-20)24-19-9-7-15(2)8-10-19;1-3-27-18-13-15(9-10-17(18)24)14-19-20(25)23(11-12-26-2)21(28-19)22-16-7-5-4-6-8-16/h4-15,28H,1-3H3;3-14,29H,2H2,1H3;5,7-13,26H,1,6,14H2,2-4H3;4-10,13-14,24H,3,11-12H2,1-2H3/b23-15-,26-25?;22-14+,27-24?;20-13+,24-23?;19-14-,22-21?. The molecule has 0 aromatic heterocycles. The van der Waals surface area contributed by atoms with Gasteiger partial charge in [0.15, 0.2) is 55.2 Å². The summed E-state index contributed by atoms with van der Waals surface area (Å²) in [6.45, 7) is 15.4. The number of rotatable bonds is 22. The number of methoxy groups -OCH3 is 3. The molecule has 21 nitrogen and oxygen atoms in total. The van der Waals surface area contributed by atoms with Gasteiger partial charge in [0.2, 0.25) is 0 Å². The molecule has 0 bridgehead atoms. The van der Waals surface area contributed by atoms with Gasteiger partial charge in [0, 0.05) is 26.8 Å². The Labute approximate surface area is 711 Å². The number of ether oxygens (including phenoxy) is 5. The summed E-state index contributed by atoms with van der Waals surface area (Å²) in [5.74, 6) is -0.130. The van der Waals surface area contributed by atoms with Crippen LogP contribution in [0.1, 0.15) is 63.9 Å². The molecule has 4 aliphatic heterocycles. The molecule has 0 saturated carbocycles. The van der Waals surface area contributed by atoms with Gasteiger partial charge < -0.3 is 44.1 Å². The van der Waals surface area contributed by atoms with E-state index in [1.54, 1.807) is 116 Å². The van der Waals surface area contributed by atoms with E-state index in [2.05, 4.69) is 21.6 Å². The van der Waals surface area contributed by atoms with Crippen LogP contribution >= 0.6 is 47.0 Å². The van der Waals surface area contributed by atoms with Crippen molar-refractivity contribution in [3.63, 3.8) is 0 Å². The van der Waals surface area contributed by atoms with Crippen molar-refractivity contribution in [1.82, 2.24) is 9.80 Å². The van der Waals surface area contributed by atoms with E-state index in [-0.39, 0.29) is 53.2 Å². The molecule has 10 aromatic rings. The lowest BCUT2D eigenvalue weighted by Gasteiger charge is -2.16. The number of aryl methyl sites for hydroxylation is 3. The van der Waals surface area contributed by atoms with E-state index in [9.17, 15) is 48.4 Å². The fraction of sp³-hybridized carbons (Fsp3) is 0.161.